The van der Waals surface area contributed by atoms with E-state index in [1.807, 2.05) is 0 Å². The van der Waals surface area contributed by atoms with Crippen molar-refractivity contribution in [3.05, 3.63) is 0 Å². The van der Waals surface area contributed by atoms with Gasteiger partial charge in [0.1, 0.15) is 15.7 Å². The lowest BCUT2D eigenvalue weighted by Gasteiger charge is -2.50. The second kappa shape index (κ2) is 25.9. The largest absolute Gasteiger partial charge is 0.303 e. The standard InChI is InChI=1S/C18H48N9P3.C15H34N3P.C6H18N3P/c1-17(2)28(23(7)8,24(9)10)21-29(19-6,20-18(3,4)5)22-30(25(11)12,26(13)14)27(15)16;1-8-12-18(9-2)19(16-15(4,5)6)14(3)11-10-13-17(19)7;1-7(2)10(8(3)4)9(5)6/h17H,6H2,1-5,7-16H3;14H,8-13H2,1-7H3;1-6H3. The van der Waals surface area contributed by atoms with Gasteiger partial charge in [0, 0.05) is 31.0 Å². The molecule has 0 N–H and O–H groups in total. The van der Waals surface area contributed by atoms with Gasteiger partial charge in [0.15, 0.2) is 7.51 Å². The number of hydrogen-bond donors (Lipinski definition) is 0. The van der Waals surface area contributed by atoms with Gasteiger partial charge in [0.25, 0.3) is 0 Å². The zero-order chi connectivity index (χ0) is 47.3. The molecule has 356 valence electrons. The molecule has 0 aromatic carbocycles. The summed E-state index contributed by atoms with van der Waals surface area (Å²) in [7, 11) is 26.6. The second-order valence-corrected chi connectivity index (χ2v) is 36.0. The van der Waals surface area contributed by atoms with Crippen LogP contribution in [0, 0.1) is 0 Å². The van der Waals surface area contributed by atoms with Crippen molar-refractivity contribution in [2.45, 2.75) is 118 Å². The Morgan fingerprint density at radius 3 is 1.37 bits per heavy atom. The summed E-state index contributed by atoms with van der Waals surface area (Å²) in [6.45, 7) is 32.0. The topological polar surface area (TPSA) is 94.2 Å². The Kier molecular flexibility index (Phi) is 27.1. The monoisotopic (exact) mass is 934 g/mol. The lowest BCUT2D eigenvalue weighted by atomic mass is 10.1. The first-order chi connectivity index (χ1) is 26.6. The van der Waals surface area contributed by atoms with Crippen molar-refractivity contribution in [2.24, 2.45) is 23.3 Å². The van der Waals surface area contributed by atoms with Crippen molar-refractivity contribution >= 4 is 44.8 Å². The van der Waals surface area contributed by atoms with Crippen LogP contribution in [0.5, 0.6) is 0 Å². The van der Waals surface area contributed by atoms with Crippen LogP contribution in [0.1, 0.15) is 95.4 Å². The van der Waals surface area contributed by atoms with E-state index in [0.717, 1.165) is 6.54 Å². The Balaban J connectivity index is 0. The van der Waals surface area contributed by atoms with E-state index < -0.39 is 29.7 Å². The normalized spacial score (nSPS) is 19.9. The summed E-state index contributed by atoms with van der Waals surface area (Å²) in [4.78, 5) is 0. The number of hydrogen-bond acceptors (Lipinski definition) is 5. The van der Waals surface area contributed by atoms with Gasteiger partial charge in [-0.1, -0.05) is 34.6 Å². The Morgan fingerprint density at radius 2 is 1.14 bits per heavy atom. The zero-order valence-electron chi connectivity index (χ0n) is 44.0. The summed E-state index contributed by atoms with van der Waals surface area (Å²) in [5.74, 6) is 0. The molecule has 1 aliphatic rings. The van der Waals surface area contributed by atoms with E-state index in [1.54, 1.807) is 0 Å². The summed E-state index contributed by atoms with van der Waals surface area (Å²) in [5, 5.41) is 0. The van der Waals surface area contributed by atoms with Gasteiger partial charge in [-0.15, -0.1) is 0 Å². The molecule has 1 aliphatic heterocycles. The summed E-state index contributed by atoms with van der Waals surface area (Å²) in [6, 6.07) is 0. The van der Waals surface area contributed by atoms with Crippen molar-refractivity contribution in [3.63, 3.8) is 0 Å². The molecule has 1 rings (SSSR count). The summed E-state index contributed by atoms with van der Waals surface area (Å²) >= 11 is 0. The lowest BCUT2D eigenvalue weighted by Crippen LogP contribution is -2.40. The Bertz CT molecular complexity index is 1320. The second-order valence-electron chi connectivity index (χ2n) is 19.2. The molecule has 1 saturated heterocycles. The van der Waals surface area contributed by atoms with E-state index >= 15 is 0 Å². The highest BCUT2D eigenvalue weighted by Crippen LogP contribution is 2.74. The fourth-order valence-corrected chi connectivity index (χ4v) is 28.6. The van der Waals surface area contributed by atoms with Gasteiger partial charge >= 0.3 is 7.51 Å². The Labute approximate surface area is 370 Å². The van der Waals surface area contributed by atoms with E-state index in [-0.39, 0.29) is 19.5 Å². The quantitative estimate of drug-likeness (QED) is 0.110. The maximum absolute atomic E-state index is 5.53. The van der Waals surface area contributed by atoms with E-state index in [2.05, 4.69) is 254 Å². The predicted molar refractivity (Wildman–Crippen MR) is 277 cm³/mol. The van der Waals surface area contributed by atoms with Crippen LogP contribution < -0.4 is 0 Å². The molecular weight excluding hydrogens is 833 g/mol. The third kappa shape index (κ3) is 17.2. The highest BCUT2D eigenvalue weighted by atomic mass is 31.2. The number of rotatable bonds is 16. The van der Waals surface area contributed by atoms with Gasteiger partial charge in [-0.2, -0.15) is 9.03 Å². The van der Waals surface area contributed by atoms with Crippen molar-refractivity contribution < 1.29 is 0 Å². The molecule has 3 unspecified atom stereocenters. The Morgan fingerprint density at radius 1 is 0.712 bits per heavy atom. The molecule has 0 bridgehead atoms. The summed E-state index contributed by atoms with van der Waals surface area (Å²) < 4.78 is 49.3. The molecule has 1 fully saturated rings. The van der Waals surface area contributed by atoms with Crippen molar-refractivity contribution in [3.8, 4) is 0 Å². The molecule has 15 nitrogen and oxygen atoms in total. The van der Waals surface area contributed by atoms with Gasteiger partial charge < -0.3 is 0 Å². The lowest BCUT2D eigenvalue weighted by molar-refractivity contribution is 0.369. The minimum Gasteiger partial charge on any atom is -0.268 e. The molecule has 0 aromatic rings. The van der Waals surface area contributed by atoms with Crippen molar-refractivity contribution in [2.75, 3.05) is 139 Å². The van der Waals surface area contributed by atoms with E-state index in [0.29, 0.717) is 11.3 Å². The molecule has 1 heterocycles. The molecule has 0 spiro atoms. The van der Waals surface area contributed by atoms with E-state index in [4.69, 9.17) is 18.5 Å². The van der Waals surface area contributed by atoms with Crippen LogP contribution in [0.4, 0.5) is 0 Å². The summed E-state index contributed by atoms with van der Waals surface area (Å²) in [5.41, 5.74) is 0.694. The maximum Gasteiger partial charge on any atom is 0.303 e. The van der Waals surface area contributed by atoms with Gasteiger partial charge in [0.2, 0.25) is 0 Å². The molecule has 3 atom stereocenters. The smallest absolute Gasteiger partial charge is 0.268 e. The van der Waals surface area contributed by atoms with Crippen LogP contribution in [0.3, 0.4) is 0 Å². The highest BCUT2D eigenvalue weighted by Gasteiger charge is 2.41. The summed E-state index contributed by atoms with van der Waals surface area (Å²) in [6.07, 6.45) is 3.87. The van der Waals surface area contributed by atoms with Crippen LogP contribution in [-0.2, 0) is 0 Å². The maximum atomic E-state index is 5.53. The Hall–Kier alpha value is 0.620. The third-order valence-corrected chi connectivity index (χ3v) is 28.7. The molecule has 20 heteroatoms. The molecule has 0 amide bonds. The first-order valence-corrected chi connectivity index (χ1v) is 29.1. The molecule has 0 radical (unpaired) electrons. The van der Waals surface area contributed by atoms with E-state index in [1.165, 1.54) is 32.4 Å². The van der Waals surface area contributed by atoms with Crippen molar-refractivity contribution in [1.82, 2.24) is 46.7 Å². The van der Waals surface area contributed by atoms with Gasteiger partial charge in [-0.25, -0.2) is 9.51 Å². The van der Waals surface area contributed by atoms with Gasteiger partial charge in [0.05, 0.1) is 18.4 Å². The number of nitrogens with zero attached hydrogens (tertiary/aromatic N) is 15. The third-order valence-electron chi connectivity index (χ3n) is 9.58. The van der Waals surface area contributed by atoms with Crippen LogP contribution >= 0.6 is 38.1 Å². The predicted octanol–water partition coefficient (Wildman–Crippen LogP) is 11.2. The fraction of sp³-hybridized carbons (Fsp3) is 0.974. The minimum absolute atomic E-state index is 0.0504. The van der Waals surface area contributed by atoms with E-state index in [9.17, 15) is 0 Å². The molecule has 59 heavy (non-hydrogen) atoms. The average Bonchev–Trinajstić information content (AvgIpc) is 3.04. The van der Waals surface area contributed by atoms with Crippen LogP contribution in [0.15, 0.2) is 23.3 Å². The zero-order valence-corrected chi connectivity index (χ0v) is 48.5. The fourth-order valence-electron chi connectivity index (χ4n) is 8.04. The molecule has 0 aromatic heterocycles. The van der Waals surface area contributed by atoms with Crippen LogP contribution in [-0.4, -0.2) is 215 Å². The molecular formula is C39H100N15P5. The van der Waals surface area contributed by atoms with Crippen LogP contribution in [0.25, 0.3) is 0 Å². The first-order valence-electron chi connectivity index (χ1n) is 21.3. The first kappa shape index (κ1) is 61.7. The van der Waals surface area contributed by atoms with Gasteiger partial charge in [-0.3, -0.25) is 51.4 Å². The molecule has 0 aliphatic carbocycles. The highest BCUT2D eigenvalue weighted by molar-refractivity contribution is 7.77. The minimum atomic E-state index is -2.89. The van der Waals surface area contributed by atoms with Crippen LogP contribution in [0.2, 0.25) is 0 Å². The van der Waals surface area contributed by atoms with Crippen molar-refractivity contribution in [1.29, 1.82) is 0 Å². The van der Waals surface area contributed by atoms with Gasteiger partial charge in [-0.05, 0) is 187 Å². The molecule has 0 saturated carbocycles. The average molecular weight is 934 g/mol. The SMILES string of the molecule is C=NP(=NC(C)(C)C)(N=P(C(C)C)(N(C)C)N(C)C)N=P(N(C)C)(N(C)C)N(C)C.CCCN(CC)P1(=NC(C)(C)C)C(C)CCCN1C.CN(C)P(N(C)C)N(C)C.